The molecule has 1 aromatic heterocycles. The minimum absolute atomic E-state index is 0.0494. The Bertz CT molecular complexity index is 690. The molecule has 2 aromatic rings. The van der Waals surface area contributed by atoms with E-state index < -0.39 is 0 Å². The van der Waals surface area contributed by atoms with Crippen LogP contribution in [-0.4, -0.2) is 37.0 Å². The third kappa shape index (κ3) is 4.23. The fourth-order valence-electron chi connectivity index (χ4n) is 3.01. The summed E-state index contributed by atoms with van der Waals surface area (Å²) in [6.07, 6.45) is 2.91. The summed E-state index contributed by atoms with van der Waals surface area (Å²) in [7, 11) is 2.10. The molecule has 0 spiro atoms. The Morgan fingerprint density at radius 2 is 2.00 bits per heavy atom. The predicted octanol–water partition coefficient (Wildman–Crippen LogP) is 3.23. The number of halogens is 1. The molecule has 4 nitrogen and oxygen atoms in total. The number of benzene rings is 1. The Balaban J connectivity index is 1.50. The first-order chi connectivity index (χ1) is 11.6. The van der Waals surface area contributed by atoms with Crippen molar-refractivity contribution in [2.75, 3.05) is 20.1 Å². The maximum absolute atomic E-state index is 13.8. The Kier molecular flexibility index (Phi) is 5.30. The number of carbonyl (C=O) groups excluding carboxylic acids is 1. The highest BCUT2D eigenvalue weighted by Gasteiger charge is 2.18. The molecule has 0 unspecified atom stereocenters. The quantitative estimate of drug-likeness (QED) is 0.915. The fraction of sp³-hybridized carbons (Fsp3) is 0.421. The molecule has 1 amide bonds. The molecule has 24 heavy (non-hydrogen) atoms. The van der Waals surface area contributed by atoms with Gasteiger partial charge >= 0.3 is 0 Å². The van der Waals surface area contributed by atoms with Gasteiger partial charge in [0.25, 0.3) is 0 Å². The van der Waals surface area contributed by atoms with Crippen molar-refractivity contribution in [3.8, 4) is 11.3 Å². The molecule has 1 saturated heterocycles. The van der Waals surface area contributed by atoms with Crippen molar-refractivity contribution in [2.24, 2.45) is 0 Å². The smallest absolute Gasteiger partial charge is 0.220 e. The normalized spacial score (nSPS) is 16.2. The molecule has 128 valence electrons. The van der Waals surface area contributed by atoms with E-state index in [1.165, 1.54) is 6.07 Å². The lowest BCUT2D eigenvalue weighted by molar-refractivity contribution is -0.122. The van der Waals surface area contributed by atoms with E-state index in [0.29, 0.717) is 29.9 Å². The number of likely N-dealkylation sites (tertiary alicyclic amines) is 1. The number of nitrogens with zero attached hydrogens (tertiary/aromatic N) is 1. The van der Waals surface area contributed by atoms with Crippen LogP contribution < -0.4 is 5.32 Å². The number of carbonyl (C=O) groups is 1. The van der Waals surface area contributed by atoms with Crippen LogP contribution in [0, 0.1) is 5.82 Å². The summed E-state index contributed by atoms with van der Waals surface area (Å²) >= 11 is 0. The number of amides is 1. The molecule has 1 aromatic carbocycles. The van der Waals surface area contributed by atoms with Crippen LogP contribution in [-0.2, 0) is 11.2 Å². The van der Waals surface area contributed by atoms with Gasteiger partial charge in [-0.05, 0) is 57.2 Å². The van der Waals surface area contributed by atoms with Gasteiger partial charge in [-0.1, -0.05) is 12.1 Å². The van der Waals surface area contributed by atoms with Gasteiger partial charge in [0.1, 0.15) is 17.3 Å². The van der Waals surface area contributed by atoms with Crippen LogP contribution in [0.2, 0.25) is 0 Å². The van der Waals surface area contributed by atoms with Gasteiger partial charge in [-0.3, -0.25) is 4.79 Å². The maximum atomic E-state index is 13.8. The molecule has 3 rings (SSSR count). The summed E-state index contributed by atoms with van der Waals surface area (Å²) in [4.78, 5) is 14.3. The molecule has 2 heterocycles. The van der Waals surface area contributed by atoms with Crippen LogP contribution in [0.15, 0.2) is 40.8 Å². The summed E-state index contributed by atoms with van der Waals surface area (Å²) in [6.45, 7) is 2.05. The second-order valence-electron chi connectivity index (χ2n) is 6.39. The average molecular weight is 330 g/mol. The Morgan fingerprint density at radius 1 is 1.25 bits per heavy atom. The largest absolute Gasteiger partial charge is 0.461 e. The zero-order valence-electron chi connectivity index (χ0n) is 13.9. The van der Waals surface area contributed by atoms with Gasteiger partial charge in [-0.2, -0.15) is 0 Å². The summed E-state index contributed by atoms with van der Waals surface area (Å²) in [5.41, 5.74) is 0.444. The van der Waals surface area contributed by atoms with E-state index in [-0.39, 0.29) is 17.8 Å². The van der Waals surface area contributed by atoms with Gasteiger partial charge in [-0.25, -0.2) is 4.39 Å². The third-order valence-corrected chi connectivity index (χ3v) is 4.48. The Hall–Kier alpha value is -2.14. The van der Waals surface area contributed by atoms with Gasteiger partial charge in [0.15, 0.2) is 0 Å². The van der Waals surface area contributed by atoms with E-state index in [0.717, 1.165) is 25.9 Å². The summed E-state index contributed by atoms with van der Waals surface area (Å²) in [5.74, 6) is 0.942. The molecule has 1 N–H and O–H groups in total. The zero-order valence-corrected chi connectivity index (χ0v) is 13.9. The summed E-state index contributed by atoms with van der Waals surface area (Å²) in [6, 6.07) is 10.4. The second kappa shape index (κ2) is 7.62. The van der Waals surface area contributed by atoms with Crippen molar-refractivity contribution in [3.63, 3.8) is 0 Å². The van der Waals surface area contributed by atoms with E-state index in [1.807, 2.05) is 6.07 Å². The minimum atomic E-state index is -0.307. The van der Waals surface area contributed by atoms with Crippen molar-refractivity contribution in [1.82, 2.24) is 10.2 Å². The van der Waals surface area contributed by atoms with Crippen LogP contribution in [0.25, 0.3) is 11.3 Å². The van der Waals surface area contributed by atoms with E-state index in [9.17, 15) is 9.18 Å². The monoisotopic (exact) mass is 330 g/mol. The molecule has 0 saturated carbocycles. The van der Waals surface area contributed by atoms with Gasteiger partial charge in [-0.15, -0.1) is 0 Å². The van der Waals surface area contributed by atoms with Crippen LogP contribution >= 0.6 is 0 Å². The lowest BCUT2D eigenvalue weighted by Crippen LogP contribution is -2.43. The first-order valence-corrected chi connectivity index (χ1v) is 8.43. The van der Waals surface area contributed by atoms with Gasteiger partial charge in [0.05, 0.1) is 5.56 Å². The van der Waals surface area contributed by atoms with Crippen molar-refractivity contribution < 1.29 is 13.6 Å². The first-order valence-electron chi connectivity index (χ1n) is 8.43. The molecular formula is C19H23FN2O2. The van der Waals surface area contributed by atoms with Crippen LogP contribution in [0.4, 0.5) is 4.39 Å². The Labute approximate surface area is 141 Å². The number of nitrogens with one attached hydrogen (secondary N) is 1. The van der Waals surface area contributed by atoms with Crippen LogP contribution in [0.3, 0.4) is 0 Å². The van der Waals surface area contributed by atoms with E-state index in [4.69, 9.17) is 4.42 Å². The highest BCUT2D eigenvalue weighted by molar-refractivity contribution is 5.76. The topological polar surface area (TPSA) is 45.5 Å². The lowest BCUT2D eigenvalue weighted by atomic mass is 10.1. The number of piperidine rings is 1. The van der Waals surface area contributed by atoms with Crippen LogP contribution in [0.1, 0.15) is 25.0 Å². The molecule has 0 aliphatic carbocycles. The standard InChI is InChI=1S/C19H23FN2O2/c1-22-12-10-14(11-13-22)21-19(23)9-7-15-6-8-18(24-15)16-4-2-3-5-17(16)20/h2-6,8,14H,7,9-13H2,1H3,(H,21,23). The fourth-order valence-corrected chi connectivity index (χ4v) is 3.01. The highest BCUT2D eigenvalue weighted by Crippen LogP contribution is 2.25. The van der Waals surface area contributed by atoms with Crippen molar-refractivity contribution in [1.29, 1.82) is 0 Å². The molecule has 1 aliphatic rings. The zero-order chi connectivity index (χ0) is 16.9. The van der Waals surface area contributed by atoms with E-state index in [1.54, 1.807) is 24.3 Å². The SMILES string of the molecule is CN1CCC(NC(=O)CCc2ccc(-c3ccccc3F)o2)CC1. The second-order valence-corrected chi connectivity index (χ2v) is 6.39. The molecule has 0 atom stereocenters. The summed E-state index contributed by atoms with van der Waals surface area (Å²) in [5, 5.41) is 3.09. The third-order valence-electron chi connectivity index (χ3n) is 4.48. The molecular weight excluding hydrogens is 307 g/mol. The summed E-state index contributed by atoms with van der Waals surface area (Å²) < 4.78 is 19.4. The average Bonchev–Trinajstić information content (AvgIpc) is 3.04. The van der Waals surface area contributed by atoms with Gasteiger partial charge < -0.3 is 14.6 Å². The lowest BCUT2D eigenvalue weighted by Gasteiger charge is -2.29. The minimum Gasteiger partial charge on any atom is -0.461 e. The molecule has 5 heteroatoms. The molecule has 1 fully saturated rings. The van der Waals surface area contributed by atoms with E-state index in [2.05, 4.69) is 17.3 Å². The van der Waals surface area contributed by atoms with Crippen molar-refractivity contribution in [3.05, 3.63) is 48.0 Å². The van der Waals surface area contributed by atoms with Gasteiger partial charge in [0.2, 0.25) is 5.91 Å². The van der Waals surface area contributed by atoms with Crippen LogP contribution in [0.5, 0.6) is 0 Å². The van der Waals surface area contributed by atoms with Gasteiger partial charge in [0, 0.05) is 18.9 Å². The predicted molar refractivity (Wildman–Crippen MR) is 91.1 cm³/mol. The Morgan fingerprint density at radius 3 is 2.75 bits per heavy atom. The number of hydrogen-bond donors (Lipinski definition) is 1. The van der Waals surface area contributed by atoms with Crippen molar-refractivity contribution in [2.45, 2.75) is 31.7 Å². The number of rotatable bonds is 5. The number of aryl methyl sites for hydroxylation is 1. The molecule has 1 aliphatic heterocycles. The number of hydrogen-bond acceptors (Lipinski definition) is 3. The molecule has 0 radical (unpaired) electrons. The maximum Gasteiger partial charge on any atom is 0.220 e. The highest BCUT2D eigenvalue weighted by atomic mass is 19.1. The van der Waals surface area contributed by atoms with Crippen molar-refractivity contribution >= 4 is 5.91 Å². The first kappa shape index (κ1) is 16.7. The molecule has 0 bridgehead atoms. The van der Waals surface area contributed by atoms with E-state index >= 15 is 0 Å². The number of furan rings is 1.